The molecule has 0 aliphatic carbocycles. The number of amides is 1. The average Bonchev–Trinajstić information content (AvgIpc) is 2.52. The van der Waals surface area contributed by atoms with Crippen molar-refractivity contribution in [1.82, 2.24) is 4.98 Å². The maximum absolute atomic E-state index is 12.5. The monoisotopic (exact) mass is 328 g/mol. The zero-order chi connectivity index (χ0) is 17.7. The summed E-state index contributed by atoms with van der Waals surface area (Å²) in [7, 11) is 0. The molecular weight excluding hydrogens is 308 g/mol. The number of benzene rings is 1. The number of carbonyl (C=O) groups excluding carboxylic acids is 2. The summed E-state index contributed by atoms with van der Waals surface area (Å²) in [5, 5.41) is 9.96. The van der Waals surface area contributed by atoms with Gasteiger partial charge in [-0.05, 0) is 39.0 Å². The molecule has 0 spiro atoms. The zero-order valence-electron chi connectivity index (χ0n) is 13.9. The Morgan fingerprint density at radius 2 is 1.96 bits per heavy atom. The van der Waals surface area contributed by atoms with Crippen molar-refractivity contribution in [3.05, 3.63) is 53.7 Å². The molecular formula is C18H20N2O4. The summed E-state index contributed by atoms with van der Waals surface area (Å²) in [5.41, 5.74) is 0.298. The molecule has 126 valence electrons. The molecule has 24 heavy (non-hydrogen) atoms. The Bertz CT molecular complexity index is 721. The van der Waals surface area contributed by atoms with E-state index in [-0.39, 0.29) is 12.3 Å². The molecule has 0 bridgehead atoms. The molecule has 0 atom stereocenters. The van der Waals surface area contributed by atoms with Gasteiger partial charge in [0, 0.05) is 17.3 Å². The molecule has 0 radical (unpaired) electrons. The van der Waals surface area contributed by atoms with Gasteiger partial charge in [-0.3, -0.25) is 9.69 Å². The first-order valence-corrected chi connectivity index (χ1v) is 7.49. The smallest absolute Gasteiger partial charge is 0.416 e. The summed E-state index contributed by atoms with van der Waals surface area (Å²) in [5.74, 6) is 0.411. The number of ether oxygens (including phenoxy) is 1. The summed E-state index contributed by atoms with van der Waals surface area (Å²) >= 11 is 0. The van der Waals surface area contributed by atoms with Crippen LogP contribution in [0, 0.1) is 0 Å². The molecule has 1 amide bonds. The van der Waals surface area contributed by atoms with Crippen molar-refractivity contribution < 1.29 is 19.4 Å². The van der Waals surface area contributed by atoms with E-state index in [1.165, 1.54) is 11.1 Å². The van der Waals surface area contributed by atoms with Crippen LogP contribution in [0.3, 0.4) is 0 Å². The lowest BCUT2D eigenvalue weighted by Crippen LogP contribution is -2.37. The lowest BCUT2D eigenvalue weighted by Gasteiger charge is -2.27. The van der Waals surface area contributed by atoms with Crippen LogP contribution in [0.4, 0.5) is 10.6 Å². The van der Waals surface area contributed by atoms with Crippen molar-refractivity contribution in [3.8, 4) is 5.75 Å². The summed E-state index contributed by atoms with van der Waals surface area (Å²) in [6.45, 7) is 5.40. The van der Waals surface area contributed by atoms with Crippen molar-refractivity contribution in [1.29, 1.82) is 0 Å². The molecule has 0 aliphatic rings. The largest absolute Gasteiger partial charge is 0.508 e. The normalized spacial score (nSPS) is 11.0. The highest BCUT2D eigenvalue weighted by Gasteiger charge is 2.25. The number of hydrogen-bond donors (Lipinski definition) is 1. The van der Waals surface area contributed by atoms with Gasteiger partial charge < -0.3 is 9.84 Å². The van der Waals surface area contributed by atoms with Crippen LogP contribution in [0.15, 0.2) is 42.6 Å². The van der Waals surface area contributed by atoms with Gasteiger partial charge >= 0.3 is 6.09 Å². The fourth-order valence-corrected chi connectivity index (χ4v) is 2.00. The molecule has 0 unspecified atom stereocenters. The Hall–Kier alpha value is -2.89. The third kappa shape index (κ3) is 4.55. The van der Waals surface area contributed by atoms with E-state index in [0.717, 1.165) is 0 Å². The third-order valence-corrected chi connectivity index (χ3v) is 3.12. The van der Waals surface area contributed by atoms with E-state index in [1.54, 1.807) is 57.2 Å². The second-order valence-electron chi connectivity index (χ2n) is 6.26. The summed E-state index contributed by atoms with van der Waals surface area (Å²) in [6, 6.07) is 9.86. The van der Waals surface area contributed by atoms with Crippen LogP contribution in [0.2, 0.25) is 0 Å². The number of aldehydes is 1. The molecule has 2 rings (SSSR count). The van der Waals surface area contributed by atoms with Crippen molar-refractivity contribution in [2.24, 2.45) is 0 Å². The van der Waals surface area contributed by atoms with E-state index >= 15 is 0 Å². The summed E-state index contributed by atoms with van der Waals surface area (Å²) < 4.78 is 5.42. The Kier molecular flexibility index (Phi) is 5.18. The van der Waals surface area contributed by atoms with Gasteiger partial charge in [-0.1, -0.05) is 18.2 Å². The maximum atomic E-state index is 12.5. The zero-order valence-corrected chi connectivity index (χ0v) is 13.9. The van der Waals surface area contributed by atoms with Crippen LogP contribution in [-0.2, 0) is 11.3 Å². The Labute approximate surface area is 140 Å². The number of hydrogen-bond acceptors (Lipinski definition) is 5. The van der Waals surface area contributed by atoms with Gasteiger partial charge in [-0.2, -0.15) is 0 Å². The molecule has 1 heterocycles. The molecule has 1 aromatic heterocycles. The maximum Gasteiger partial charge on any atom is 0.416 e. The number of aromatic nitrogens is 1. The minimum Gasteiger partial charge on any atom is -0.508 e. The van der Waals surface area contributed by atoms with E-state index in [9.17, 15) is 14.7 Å². The fraction of sp³-hybridized carbons (Fsp3) is 0.278. The van der Waals surface area contributed by atoms with Gasteiger partial charge in [-0.25, -0.2) is 9.78 Å². The Morgan fingerprint density at radius 1 is 1.25 bits per heavy atom. The highest BCUT2D eigenvalue weighted by molar-refractivity contribution is 5.87. The quantitative estimate of drug-likeness (QED) is 0.868. The standard InChI is InChI=1S/C18H20N2O4/c1-18(2,3)24-17(23)20(11-14-6-4-5-7-15(14)22)16-9-8-13(12-21)10-19-16/h4-10,12,22H,11H2,1-3H3. The second-order valence-corrected chi connectivity index (χ2v) is 6.26. The van der Waals surface area contributed by atoms with Crippen LogP contribution in [0.1, 0.15) is 36.7 Å². The van der Waals surface area contributed by atoms with E-state index in [1.807, 2.05) is 0 Å². The fourth-order valence-electron chi connectivity index (χ4n) is 2.00. The summed E-state index contributed by atoms with van der Waals surface area (Å²) in [6.07, 6.45) is 1.47. The first-order chi connectivity index (χ1) is 11.3. The summed E-state index contributed by atoms with van der Waals surface area (Å²) in [4.78, 5) is 28.8. The average molecular weight is 328 g/mol. The van der Waals surface area contributed by atoms with E-state index < -0.39 is 11.7 Å². The van der Waals surface area contributed by atoms with E-state index in [0.29, 0.717) is 23.2 Å². The number of aromatic hydroxyl groups is 1. The van der Waals surface area contributed by atoms with Gasteiger partial charge in [0.05, 0.1) is 6.54 Å². The van der Waals surface area contributed by atoms with Gasteiger partial charge in [0.2, 0.25) is 0 Å². The topological polar surface area (TPSA) is 79.7 Å². The molecule has 1 aromatic carbocycles. The Balaban J connectivity index is 2.34. The first-order valence-electron chi connectivity index (χ1n) is 7.49. The number of phenols is 1. The number of nitrogens with zero attached hydrogens (tertiary/aromatic N) is 2. The van der Waals surface area contributed by atoms with Crippen molar-refractivity contribution >= 4 is 18.2 Å². The number of rotatable bonds is 4. The van der Waals surface area contributed by atoms with Crippen LogP contribution >= 0.6 is 0 Å². The number of pyridine rings is 1. The highest BCUT2D eigenvalue weighted by Crippen LogP contribution is 2.23. The van der Waals surface area contributed by atoms with Gasteiger partial charge in [-0.15, -0.1) is 0 Å². The van der Waals surface area contributed by atoms with Gasteiger partial charge in [0.25, 0.3) is 0 Å². The van der Waals surface area contributed by atoms with Gasteiger partial charge in [0.15, 0.2) is 6.29 Å². The number of anilines is 1. The SMILES string of the molecule is CC(C)(C)OC(=O)N(Cc1ccccc1O)c1ccc(C=O)cn1. The first kappa shape index (κ1) is 17.5. The van der Waals surface area contributed by atoms with E-state index in [4.69, 9.17) is 4.74 Å². The lowest BCUT2D eigenvalue weighted by atomic mass is 10.2. The van der Waals surface area contributed by atoms with Crippen molar-refractivity contribution in [3.63, 3.8) is 0 Å². The minimum atomic E-state index is -0.670. The highest BCUT2D eigenvalue weighted by atomic mass is 16.6. The third-order valence-electron chi connectivity index (χ3n) is 3.12. The van der Waals surface area contributed by atoms with Crippen LogP contribution in [0.25, 0.3) is 0 Å². The molecule has 6 nitrogen and oxygen atoms in total. The molecule has 2 aromatic rings. The van der Waals surface area contributed by atoms with Crippen LogP contribution < -0.4 is 4.90 Å². The Morgan fingerprint density at radius 3 is 2.50 bits per heavy atom. The minimum absolute atomic E-state index is 0.0792. The molecule has 0 aliphatic heterocycles. The van der Waals surface area contributed by atoms with E-state index in [2.05, 4.69) is 4.98 Å². The number of para-hydroxylation sites is 1. The number of phenolic OH excluding ortho intramolecular Hbond substituents is 1. The van der Waals surface area contributed by atoms with Crippen molar-refractivity contribution in [2.75, 3.05) is 4.90 Å². The predicted octanol–water partition coefficient (Wildman–Crippen LogP) is 3.54. The molecule has 1 N–H and O–H groups in total. The van der Waals surface area contributed by atoms with Crippen LogP contribution in [-0.4, -0.2) is 28.1 Å². The molecule has 0 fully saturated rings. The lowest BCUT2D eigenvalue weighted by molar-refractivity contribution is 0.0576. The number of carbonyl (C=O) groups is 2. The second kappa shape index (κ2) is 7.12. The predicted molar refractivity (Wildman–Crippen MR) is 90.1 cm³/mol. The molecule has 6 heteroatoms. The van der Waals surface area contributed by atoms with Crippen molar-refractivity contribution in [2.45, 2.75) is 32.9 Å². The van der Waals surface area contributed by atoms with Crippen LogP contribution in [0.5, 0.6) is 5.75 Å². The molecule has 0 saturated heterocycles. The van der Waals surface area contributed by atoms with Gasteiger partial charge in [0.1, 0.15) is 17.2 Å². The molecule has 0 saturated carbocycles.